The van der Waals surface area contributed by atoms with E-state index in [0.717, 1.165) is 25.7 Å². The summed E-state index contributed by atoms with van der Waals surface area (Å²) in [5, 5.41) is 0. The van der Waals surface area contributed by atoms with Crippen LogP contribution in [0.4, 0.5) is 4.79 Å². The van der Waals surface area contributed by atoms with Gasteiger partial charge in [0.15, 0.2) is 18.0 Å². The molecule has 0 spiro atoms. The fourth-order valence-electron chi connectivity index (χ4n) is 10.3. The minimum Gasteiger partial charge on any atom is -0.458 e. The van der Waals surface area contributed by atoms with E-state index in [1.54, 1.807) is 18.7 Å². The van der Waals surface area contributed by atoms with Crippen LogP contribution in [-0.4, -0.2) is 128 Å². The maximum atomic E-state index is 15.0. The van der Waals surface area contributed by atoms with Gasteiger partial charge in [-0.15, -0.1) is 0 Å². The summed E-state index contributed by atoms with van der Waals surface area (Å²) in [6.45, 7) is 21.2. The first-order valence-corrected chi connectivity index (χ1v) is 22.2. The summed E-state index contributed by atoms with van der Waals surface area (Å²) in [6.07, 6.45) is -0.384. The highest BCUT2D eigenvalue weighted by molar-refractivity contribution is 5.85. The number of fused-ring (bicyclic) bond motifs is 4. The maximum absolute atomic E-state index is 15.0. The predicted octanol–water partition coefficient (Wildman–Crippen LogP) is 6.93. The highest BCUT2D eigenvalue weighted by Gasteiger charge is 2.60. The van der Waals surface area contributed by atoms with Gasteiger partial charge in [0.1, 0.15) is 11.9 Å². The molecule has 1 amide bonds. The van der Waals surface area contributed by atoms with Crippen molar-refractivity contribution < 1.29 is 52.3 Å². The quantitative estimate of drug-likeness (QED) is 0.0989. The number of cyclic esters (lactones) is 1. The van der Waals surface area contributed by atoms with Crippen LogP contribution < -0.4 is 0 Å². The van der Waals surface area contributed by atoms with Gasteiger partial charge in [0.05, 0.1) is 55.1 Å². The Labute approximate surface area is 358 Å². The van der Waals surface area contributed by atoms with Gasteiger partial charge in [-0.25, -0.2) is 4.79 Å². The van der Waals surface area contributed by atoms with Crippen molar-refractivity contribution in [3.8, 4) is 0 Å². The molecule has 60 heavy (non-hydrogen) atoms. The average molecular weight is 841 g/mol. The van der Waals surface area contributed by atoms with Crippen LogP contribution in [-0.2, 0) is 54.0 Å². The molecule has 14 atom stereocenters. The number of rotatable bonds is 11. The first kappa shape index (κ1) is 47.7. The molecular formula is C47H72N2O11. The SMILES string of the molecule is C=C1CO[C@@H]2[C@@H](C)[C@@H](O[C@@H]3O[C@H](C)C[C@H](N(C)C)[C@H]3OC(C)=O)[C@](C)(C[C@@H](C)C(=O)[C@H](C)[C@@H]3N(CCCCCc4ccccc4)C(=O)O[C@]3(C)[C@@H](CC)OC(=O)[C@@H]2C)OC1. The monoisotopic (exact) mass is 841 g/mol. The zero-order valence-corrected chi connectivity index (χ0v) is 38.0. The second-order valence-corrected chi connectivity index (χ2v) is 18.6. The number of nitrogens with zero attached hydrogens (tertiary/aromatic N) is 2. The van der Waals surface area contributed by atoms with Gasteiger partial charge in [0.25, 0.3) is 0 Å². The number of ether oxygens (including phenoxy) is 7. The third kappa shape index (κ3) is 10.6. The van der Waals surface area contributed by atoms with E-state index in [4.69, 9.17) is 33.2 Å². The van der Waals surface area contributed by atoms with Gasteiger partial charge in [-0.05, 0) is 91.5 Å². The summed E-state index contributed by atoms with van der Waals surface area (Å²) in [4.78, 5) is 59.7. The molecule has 13 heteroatoms. The minimum atomic E-state index is -1.32. The smallest absolute Gasteiger partial charge is 0.410 e. The Hall–Kier alpha value is -3.36. The fraction of sp³-hybridized carbons (Fsp3) is 0.745. The van der Waals surface area contributed by atoms with Crippen LogP contribution in [0.1, 0.15) is 106 Å². The molecule has 0 unspecified atom stereocenters. The van der Waals surface area contributed by atoms with Crippen molar-refractivity contribution in [3.05, 3.63) is 48.0 Å². The van der Waals surface area contributed by atoms with Gasteiger partial charge in [0, 0.05) is 31.2 Å². The predicted molar refractivity (Wildman–Crippen MR) is 226 cm³/mol. The van der Waals surface area contributed by atoms with Gasteiger partial charge in [-0.3, -0.25) is 14.4 Å². The number of aryl methyl sites for hydroxylation is 1. The van der Waals surface area contributed by atoms with Crippen molar-refractivity contribution in [1.29, 1.82) is 0 Å². The highest BCUT2D eigenvalue weighted by atomic mass is 16.7. The van der Waals surface area contributed by atoms with E-state index in [-0.39, 0.29) is 37.6 Å². The van der Waals surface area contributed by atoms with Crippen molar-refractivity contribution >= 4 is 23.8 Å². The Morgan fingerprint density at radius 2 is 1.68 bits per heavy atom. The number of ketones is 1. The number of benzene rings is 1. The molecule has 0 aromatic heterocycles. The molecule has 4 heterocycles. The van der Waals surface area contributed by atoms with Crippen LogP contribution in [0, 0.1) is 23.7 Å². The lowest BCUT2D eigenvalue weighted by atomic mass is 9.73. The van der Waals surface area contributed by atoms with Gasteiger partial charge in [0.2, 0.25) is 0 Å². The lowest BCUT2D eigenvalue weighted by molar-refractivity contribution is -0.304. The van der Waals surface area contributed by atoms with Crippen molar-refractivity contribution in [1.82, 2.24) is 9.80 Å². The Morgan fingerprint density at radius 1 is 0.983 bits per heavy atom. The molecule has 5 rings (SSSR count). The number of carbonyl (C=O) groups excluding carboxylic acids is 4. The number of carbonyl (C=O) groups is 4. The number of hydrogen-bond donors (Lipinski definition) is 0. The molecule has 0 radical (unpaired) electrons. The molecule has 0 aliphatic carbocycles. The first-order chi connectivity index (χ1) is 28.3. The van der Waals surface area contributed by atoms with E-state index >= 15 is 0 Å². The maximum Gasteiger partial charge on any atom is 0.410 e. The number of amides is 1. The van der Waals surface area contributed by atoms with E-state index in [1.807, 2.05) is 78.7 Å². The van der Waals surface area contributed by atoms with Crippen LogP contribution in [0.25, 0.3) is 0 Å². The molecular weight excluding hydrogens is 769 g/mol. The van der Waals surface area contributed by atoms with E-state index in [9.17, 15) is 19.2 Å². The molecule has 1 aromatic carbocycles. The number of Topliss-reactive ketones (excluding diaryl/α,β-unsaturated/α-hetero) is 1. The van der Waals surface area contributed by atoms with Gasteiger partial charge < -0.3 is 43.0 Å². The standard InChI is InChI=1S/C47H72N2O11/c1-13-37-47(10)41(49(45(53)60-47)23-19-15-18-22-35-20-16-14-17-21-35)31(5)38(51)29(3)25-46(9)42(32(6)39(33(7)43(52)58-37)54-26-28(2)27-55-46)59-44-40(57-34(8)50)36(48(11)12)24-30(4)56-44/h14,16-17,20-21,29-33,36-37,39-42,44H,2,13,15,18-19,22-27H2,1,3-12H3/t29-,30-,31+,32-,33-,36+,37-,39-,40-,41+,42-,44+,46+,47-/m1/s1. The van der Waals surface area contributed by atoms with Gasteiger partial charge >= 0.3 is 18.0 Å². The largest absolute Gasteiger partial charge is 0.458 e. The second kappa shape index (κ2) is 20.2. The van der Waals surface area contributed by atoms with E-state index in [2.05, 4.69) is 18.7 Å². The normalized spacial score (nSPS) is 38.3. The summed E-state index contributed by atoms with van der Waals surface area (Å²) in [7, 11) is 3.86. The van der Waals surface area contributed by atoms with Crippen LogP contribution in [0.5, 0.6) is 0 Å². The molecule has 1 aromatic rings. The highest BCUT2D eigenvalue weighted by Crippen LogP contribution is 2.44. The number of likely N-dealkylation sites (N-methyl/N-ethyl adjacent to an activating group) is 1. The lowest BCUT2D eigenvalue weighted by Gasteiger charge is -2.49. The number of hydrogen-bond acceptors (Lipinski definition) is 12. The number of unbranched alkanes of at least 4 members (excludes halogenated alkanes) is 2. The minimum absolute atomic E-state index is 0.0825. The molecule has 0 saturated carbocycles. The molecule has 336 valence electrons. The molecule has 2 bridgehead atoms. The summed E-state index contributed by atoms with van der Waals surface area (Å²) in [6, 6.07) is 9.38. The Kier molecular flexibility index (Phi) is 16.1. The summed E-state index contributed by atoms with van der Waals surface area (Å²) < 4.78 is 45.5. The first-order valence-electron chi connectivity index (χ1n) is 22.2. The third-order valence-electron chi connectivity index (χ3n) is 13.4. The fourth-order valence-corrected chi connectivity index (χ4v) is 10.3. The Morgan fingerprint density at radius 3 is 2.33 bits per heavy atom. The number of esters is 2. The molecule has 13 nitrogen and oxygen atoms in total. The zero-order chi connectivity index (χ0) is 44.1. The van der Waals surface area contributed by atoms with Crippen molar-refractivity contribution in [3.63, 3.8) is 0 Å². The Balaban J connectivity index is 1.54. The van der Waals surface area contributed by atoms with Crippen LogP contribution >= 0.6 is 0 Å². The van der Waals surface area contributed by atoms with E-state index in [0.29, 0.717) is 25.0 Å². The molecule has 0 N–H and O–H groups in total. The third-order valence-corrected chi connectivity index (χ3v) is 13.4. The summed E-state index contributed by atoms with van der Waals surface area (Å²) >= 11 is 0. The van der Waals surface area contributed by atoms with E-state index < -0.39 is 89.7 Å². The van der Waals surface area contributed by atoms with Crippen LogP contribution in [0.2, 0.25) is 0 Å². The van der Waals surface area contributed by atoms with Crippen LogP contribution in [0.15, 0.2) is 42.5 Å². The van der Waals surface area contributed by atoms with Crippen molar-refractivity contribution in [2.45, 2.75) is 167 Å². The van der Waals surface area contributed by atoms with Crippen molar-refractivity contribution in [2.75, 3.05) is 33.9 Å². The topological polar surface area (TPSA) is 139 Å². The van der Waals surface area contributed by atoms with Gasteiger partial charge in [-0.1, -0.05) is 71.0 Å². The molecule has 4 fully saturated rings. The summed E-state index contributed by atoms with van der Waals surface area (Å²) in [5.41, 5.74) is -0.571. The molecule has 4 aliphatic rings. The molecule has 4 saturated heterocycles. The second-order valence-electron chi connectivity index (χ2n) is 18.6. The van der Waals surface area contributed by atoms with Crippen LogP contribution in [0.3, 0.4) is 0 Å². The van der Waals surface area contributed by atoms with Crippen molar-refractivity contribution in [2.24, 2.45) is 23.7 Å². The molecule has 4 aliphatic heterocycles. The Bertz CT molecular complexity index is 1660. The van der Waals surface area contributed by atoms with Gasteiger partial charge in [-0.2, -0.15) is 0 Å². The zero-order valence-electron chi connectivity index (χ0n) is 38.0. The average Bonchev–Trinajstić information content (AvgIpc) is 3.47. The van der Waals surface area contributed by atoms with E-state index in [1.165, 1.54) is 12.5 Å². The lowest BCUT2D eigenvalue weighted by Crippen LogP contribution is -2.61. The summed E-state index contributed by atoms with van der Waals surface area (Å²) in [5.74, 6) is -3.73.